The summed E-state index contributed by atoms with van der Waals surface area (Å²) in [6, 6.07) is 1.55. The Bertz CT molecular complexity index is 701. The lowest BCUT2D eigenvalue weighted by Gasteiger charge is -2.24. The number of methoxy groups -OCH3 is 2. The SMILES string of the molecule is CCSC[C@@H]1CC(F)(F)CN1C(=O)c1cc(OC)c(OC)cc1[N+](=O)[O-]. The fraction of sp³-hybridized carbons (Fsp3) is 0.562. The van der Waals surface area contributed by atoms with E-state index in [9.17, 15) is 23.7 Å². The van der Waals surface area contributed by atoms with Crippen molar-refractivity contribution in [2.45, 2.75) is 25.3 Å². The second-order valence-corrected chi connectivity index (χ2v) is 7.11. The number of hydrogen-bond acceptors (Lipinski definition) is 6. The van der Waals surface area contributed by atoms with Crippen molar-refractivity contribution in [1.29, 1.82) is 0 Å². The van der Waals surface area contributed by atoms with E-state index in [1.165, 1.54) is 32.0 Å². The van der Waals surface area contributed by atoms with Gasteiger partial charge >= 0.3 is 0 Å². The molecule has 2 rings (SSSR count). The van der Waals surface area contributed by atoms with Gasteiger partial charge in [-0.25, -0.2) is 8.78 Å². The maximum atomic E-state index is 13.9. The summed E-state index contributed by atoms with van der Waals surface area (Å²) in [6.07, 6.45) is -0.452. The van der Waals surface area contributed by atoms with Gasteiger partial charge in [0.1, 0.15) is 5.56 Å². The van der Waals surface area contributed by atoms with E-state index >= 15 is 0 Å². The zero-order valence-corrected chi connectivity index (χ0v) is 15.5. The highest BCUT2D eigenvalue weighted by Crippen LogP contribution is 2.38. The molecular formula is C16H20F2N2O5S. The Labute approximate surface area is 153 Å². The number of nitro benzene ring substituents is 1. The van der Waals surface area contributed by atoms with Crippen molar-refractivity contribution in [1.82, 2.24) is 4.90 Å². The van der Waals surface area contributed by atoms with E-state index in [-0.39, 0.29) is 17.1 Å². The van der Waals surface area contributed by atoms with E-state index in [0.717, 1.165) is 16.7 Å². The van der Waals surface area contributed by atoms with Gasteiger partial charge in [0, 0.05) is 24.3 Å². The van der Waals surface area contributed by atoms with Gasteiger partial charge in [0.15, 0.2) is 11.5 Å². The van der Waals surface area contributed by atoms with Crippen LogP contribution in [0.2, 0.25) is 0 Å². The molecule has 0 aromatic heterocycles. The van der Waals surface area contributed by atoms with E-state index in [1.807, 2.05) is 6.92 Å². The maximum Gasteiger partial charge on any atom is 0.286 e. The van der Waals surface area contributed by atoms with Gasteiger partial charge in [-0.2, -0.15) is 11.8 Å². The van der Waals surface area contributed by atoms with E-state index in [4.69, 9.17) is 9.47 Å². The second kappa shape index (κ2) is 8.07. The molecule has 1 fully saturated rings. The third-order valence-electron chi connectivity index (χ3n) is 4.08. The summed E-state index contributed by atoms with van der Waals surface area (Å²) < 4.78 is 37.9. The van der Waals surface area contributed by atoms with Gasteiger partial charge in [0.2, 0.25) is 0 Å². The minimum atomic E-state index is -3.01. The van der Waals surface area contributed by atoms with Crippen molar-refractivity contribution in [2.24, 2.45) is 0 Å². The molecule has 0 spiro atoms. The number of ether oxygens (including phenoxy) is 2. The summed E-state index contributed by atoms with van der Waals surface area (Å²) in [5, 5.41) is 11.4. The van der Waals surface area contributed by atoms with Gasteiger partial charge in [0.05, 0.1) is 31.8 Å². The van der Waals surface area contributed by atoms with Crippen molar-refractivity contribution in [3.05, 3.63) is 27.8 Å². The molecule has 1 saturated heterocycles. The maximum absolute atomic E-state index is 13.9. The fourth-order valence-electron chi connectivity index (χ4n) is 2.88. The van der Waals surface area contributed by atoms with Gasteiger partial charge in [-0.05, 0) is 5.75 Å². The van der Waals surface area contributed by atoms with Crippen LogP contribution in [0.25, 0.3) is 0 Å². The van der Waals surface area contributed by atoms with Crippen LogP contribution in [0, 0.1) is 10.1 Å². The summed E-state index contributed by atoms with van der Waals surface area (Å²) in [6.45, 7) is 1.13. The lowest BCUT2D eigenvalue weighted by atomic mass is 10.1. The number of carbonyl (C=O) groups excluding carboxylic acids is 1. The zero-order valence-electron chi connectivity index (χ0n) is 14.7. The van der Waals surface area contributed by atoms with Gasteiger partial charge < -0.3 is 14.4 Å². The zero-order chi connectivity index (χ0) is 19.5. The topological polar surface area (TPSA) is 81.9 Å². The normalized spacial score (nSPS) is 18.7. The molecule has 26 heavy (non-hydrogen) atoms. The molecule has 1 amide bonds. The summed E-state index contributed by atoms with van der Waals surface area (Å²) >= 11 is 1.44. The molecule has 0 radical (unpaired) electrons. The minimum Gasteiger partial charge on any atom is -0.493 e. The third-order valence-corrected chi connectivity index (χ3v) is 5.11. The standard InChI is InChI=1S/C16H20F2N2O5S/c1-4-26-8-10-7-16(17,18)9-19(10)15(21)11-5-13(24-2)14(25-3)6-12(11)20(22)23/h5-6,10H,4,7-9H2,1-3H3/t10-/m0/s1. The molecule has 0 bridgehead atoms. The molecule has 1 atom stereocenters. The summed E-state index contributed by atoms with van der Waals surface area (Å²) in [4.78, 5) is 24.5. The van der Waals surface area contributed by atoms with Gasteiger partial charge in [0.25, 0.3) is 17.5 Å². The molecule has 0 unspecified atom stereocenters. The third kappa shape index (κ3) is 4.17. The van der Waals surface area contributed by atoms with Crippen LogP contribution in [0.3, 0.4) is 0 Å². The average Bonchev–Trinajstić information content (AvgIpc) is 2.92. The Hall–Kier alpha value is -2.10. The van der Waals surface area contributed by atoms with E-state index in [1.54, 1.807) is 0 Å². The lowest BCUT2D eigenvalue weighted by molar-refractivity contribution is -0.385. The summed E-state index contributed by atoms with van der Waals surface area (Å²) in [7, 11) is 2.63. The van der Waals surface area contributed by atoms with Crippen LogP contribution in [0.1, 0.15) is 23.7 Å². The minimum absolute atomic E-state index is 0.0839. The van der Waals surface area contributed by atoms with Crippen LogP contribution in [0.4, 0.5) is 14.5 Å². The number of hydrogen-bond donors (Lipinski definition) is 0. The smallest absolute Gasteiger partial charge is 0.286 e. The number of rotatable bonds is 7. The highest BCUT2D eigenvalue weighted by Gasteiger charge is 2.47. The largest absolute Gasteiger partial charge is 0.493 e. The van der Waals surface area contributed by atoms with Gasteiger partial charge in [-0.3, -0.25) is 14.9 Å². The van der Waals surface area contributed by atoms with Gasteiger partial charge in [-0.1, -0.05) is 6.92 Å². The average molecular weight is 390 g/mol. The molecule has 10 heteroatoms. The van der Waals surface area contributed by atoms with Crippen molar-refractivity contribution in [2.75, 3.05) is 32.3 Å². The Kier molecular flexibility index (Phi) is 6.27. The highest BCUT2D eigenvalue weighted by molar-refractivity contribution is 7.99. The first-order valence-electron chi connectivity index (χ1n) is 7.91. The molecule has 0 N–H and O–H groups in total. The Morgan fingerprint density at radius 3 is 2.54 bits per heavy atom. The van der Waals surface area contributed by atoms with Crippen molar-refractivity contribution in [3.63, 3.8) is 0 Å². The predicted octanol–water partition coefficient (Wildman–Crippen LogP) is 3.21. The van der Waals surface area contributed by atoms with E-state index in [0.29, 0.717) is 5.75 Å². The fourth-order valence-corrected chi connectivity index (χ4v) is 3.69. The molecule has 1 aromatic carbocycles. The first-order chi connectivity index (χ1) is 12.2. The van der Waals surface area contributed by atoms with Crippen LogP contribution < -0.4 is 9.47 Å². The number of benzene rings is 1. The van der Waals surface area contributed by atoms with Crippen LogP contribution in [-0.4, -0.2) is 60.0 Å². The highest BCUT2D eigenvalue weighted by atomic mass is 32.2. The first-order valence-corrected chi connectivity index (χ1v) is 9.06. The number of halogens is 2. The molecule has 1 aliphatic heterocycles. The number of thioether (sulfide) groups is 1. The van der Waals surface area contributed by atoms with Gasteiger partial charge in [-0.15, -0.1) is 0 Å². The number of alkyl halides is 2. The molecule has 0 aliphatic carbocycles. The van der Waals surface area contributed by atoms with Crippen molar-refractivity contribution < 1.29 is 28.0 Å². The Morgan fingerprint density at radius 1 is 1.38 bits per heavy atom. The monoisotopic (exact) mass is 390 g/mol. The molecule has 144 valence electrons. The molecule has 1 aromatic rings. The number of nitro groups is 1. The summed E-state index contributed by atoms with van der Waals surface area (Å²) in [5.41, 5.74) is -0.804. The van der Waals surface area contributed by atoms with Crippen molar-refractivity contribution in [3.8, 4) is 11.5 Å². The molecule has 0 saturated carbocycles. The van der Waals surface area contributed by atoms with E-state index < -0.39 is 41.4 Å². The molecule has 1 aliphatic rings. The molecule has 7 nitrogen and oxygen atoms in total. The predicted molar refractivity (Wildman–Crippen MR) is 93.6 cm³/mol. The van der Waals surface area contributed by atoms with Crippen LogP contribution >= 0.6 is 11.8 Å². The number of carbonyl (C=O) groups is 1. The molecular weight excluding hydrogens is 370 g/mol. The quantitative estimate of drug-likeness (QED) is 0.525. The van der Waals surface area contributed by atoms with Crippen molar-refractivity contribution >= 4 is 23.4 Å². The molecule has 1 heterocycles. The van der Waals surface area contributed by atoms with Crippen LogP contribution in [0.15, 0.2) is 12.1 Å². The lowest BCUT2D eigenvalue weighted by Crippen LogP contribution is -2.38. The Morgan fingerprint density at radius 2 is 2.00 bits per heavy atom. The van der Waals surface area contributed by atoms with Crippen LogP contribution in [0.5, 0.6) is 11.5 Å². The van der Waals surface area contributed by atoms with Crippen LogP contribution in [-0.2, 0) is 0 Å². The second-order valence-electron chi connectivity index (χ2n) is 5.79. The Balaban J connectivity index is 2.45. The number of amides is 1. The summed E-state index contributed by atoms with van der Waals surface area (Å²) in [5.74, 6) is -2.55. The number of likely N-dealkylation sites (tertiary alicyclic amines) is 1. The first kappa shape index (κ1) is 20.2. The van der Waals surface area contributed by atoms with E-state index in [2.05, 4.69) is 0 Å². The number of nitrogens with zero attached hydrogens (tertiary/aromatic N) is 2.